The smallest absolute Gasteiger partial charge is 0.259 e. The summed E-state index contributed by atoms with van der Waals surface area (Å²) in [6.45, 7) is 3.58. The molecule has 136 valence electrons. The first-order valence-corrected chi connectivity index (χ1v) is 8.43. The number of benzene rings is 1. The Labute approximate surface area is 155 Å². The van der Waals surface area contributed by atoms with Crippen molar-refractivity contribution in [2.24, 2.45) is 0 Å². The lowest BCUT2D eigenvalue weighted by Crippen LogP contribution is -2.13. The van der Waals surface area contributed by atoms with E-state index in [4.69, 9.17) is 13.4 Å². The monoisotopic (exact) mass is 363 g/mol. The van der Waals surface area contributed by atoms with Gasteiger partial charge in [-0.2, -0.15) is 4.98 Å². The van der Waals surface area contributed by atoms with Gasteiger partial charge in [-0.15, -0.1) is 0 Å². The second-order valence-corrected chi connectivity index (χ2v) is 6.10. The third-order valence-corrected chi connectivity index (χ3v) is 4.10. The molecule has 0 atom stereocenters. The van der Waals surface area contributed by atoms with Gasteiger partial charge in [0.05, 0.1) is 18.2 Å². The molecular weight excluding hydrogens is 346 g/mol. The number of hydrogen-bond donors (Lipinski definition) is 1. The van der Waals surface area contributed by atoms with Crippen molar-refractivity contribution in [2.45, 2.75) is 20.3 Å². The predicted molar refractivity (Wildman–Crippen MR) is 97.4 cm³/mol. The van der Waals surface area contributed by atoms with Crippen LogP contribution in [0.25, 0.3) is 11.6 Å². The second-order valence-electron chi connectivity index (χ2n) is 6.10. The molecule has 0 bridgehead atoms. The summed E-state index contributed by atoms with van der Waals surface area (Å²) in [5, 5.41) is 6.86. The molecule has 7 heteroatoms. The maximum Gasteiger partial charge on any atom is 0.259 e. The van der Waals surface area contributed by atoms with Crippen LogP contribution in [0.2, 0.25) is 0 Å². The van der Waals surface area contributed by atoms with E-state index in [1.807, 2.05) is 31.2 Å². The number of anilines is 1. The maximum atomic E-state index is 12.6. The number of rotatable bonds is 5. The molecule has 4 aromatic rings. The summed E-state index contributed by atoms with van der Waals surface area (Å²) < 4.78 is 16.0. The van der Waals surface area contributed by atoms with Crippen LogP contribution in [0.1, 0.15) is 33.3 Å². The zero-order chi connectivity index (χ0) is 18.8. The molecule has 0 aliphatic rings. The fraction of sp³-hybridized carbons (Fsp3) is 0.150. The highest BCUT2D eigenvalue weighted by Gasteiger charge is 2.17. The molecule has 7 nitrogen and oxygen atoms in total. The predicted octanol–water partition coefficient (Wildman–Crippen LogP) is 4.38. The molecule has 0 aliphatic carbocycles. The fourth-order valence-electron chi connectivity index (χ4n) is 2.84. The van der Waals surface area contributed by atoms with Gasteiger partial charge >= 0.3 is 0 Å². The van der Waals surface area contributed by atoms with Crippen molar-refractivity contribution in [1.82, 2.24) is 10.1 Å². The van der Waals surface area contributed by atoms with Gasteiger partial charge in [0.1, 0.15) is 11.5 Å². The Hall–Kier alpha value is -3.61. The van der Waals surface area contributed by atoms with Gasteiger partial charge in [0.15, 0.2) is 5.76 Å². The number of furan rings is 2. The fourth-order valence-corrected chi connectivity index (χ4v) is 2.84. The number of carbonyl (C=O) groups is 1. The number of para-hydroxylation sites is 1. The lowest BCUT2D eigenvalue weighted by Gasteiger charge is -2.09. The summed E-state index contributed by atoms with van der Waals surface area (Å²) in [4.78, 5) is 16.9. The van der Waals surface area contributed by atoms with E-state index in [-0.39, 0.29) is 5.91 Å². The van der Waals surface area contributed by atoms with E-state index in [2.05, 4.69) is 15.5 Å². The van der Waals surface area contributed by atoms with Gasteiger partial charge in [-0.05, 0) is 43.7 Å². The van der Waals surface area contributed by atoms with Crippen molar-refractivity contribution >= 4 is 11.6 Å². The van der Waals surface area contributed by atoms with Gasteiger partial charge < -0.3 is 18.7 Å². The molecule has 3 heterocycles. The van der Waals surface area contributed by atoms with E-state index in [9.17, 15) is 4.79 Å². The maximum absolute atomic E-state index is 12.6. The minimum absolute atomic E-state index is 0.224. The van der Waals surface area contributed by atoms with Gasteiger partial charge in [0.25, 0.3) is 5.91 Å². The highest BCUT2D eigenvalue weighted by molar-refractivity contribution is 6.05. The molecule has 0 fully saturated rings. The average Bonchev–Trinajstić information content (AvgIpc) is 3.37. The van der Waals surface area contributed by atoms with E-state index in [1.54, 1.807) is 31.4 Å². The molecule has 4 rings (SSSR count). The highest BCUT2D eigenvalue weighted by Crippen LogP contribution is 2.23. The Morgan fingerprint density at radius 3 is 2.74 bits per heavy atom. The number of aromatic nitrogens is 2. The Kier molecular flexibility index (Phi) is 4.33. The molecule has 0 radical (unpaired) electrons. The van der Waals surface area contributed by atoms with Crippen LogP contribution in [-0.2, 0) is 6.42 Å². The lowest BCUT2D eigenvalue weighted by molar-refractivity contribution is 0.102. The van der Waals surface area contributed by atoms with Crippen molar-refractivity contribution in [3.8, 4) is 11.6 Å². The van der Waals surface area contributed by atoms with E-state index in [0.717, 1.165) is 5.56 Å². The SMILES string of the molecule is Cc1cc(C(=O)Nc2ccccc2Cc2nc(-c3ccco3)no2)c(C)o1. The summed E-state index contributed by atoms with van der Waals surface area (Å²) in [5.74, 6) is 2.42. The van der Waals surface area contributed by atoms with Gasteiger partial charge in [-0.3, -0.25) is 4.79 Å². The highest BCUT2D eigenvalue weighted by atomic mass is 16.5. The van der Waals surface area contributed by atoms with E-state index in [1.165, 1.54) is 0 Å². The summed E-state index contributed by atoms with van der Waals surface area (Å²) in [5.41, 5.74) is 2.05. The molecule has 0 aliphatic heterocycles. The third kappa shape index (κ3) is 3.52. The zero-order valence-corrected chi connectivity index (χ0v) is 14.9. The van der Waals surface area contributed by atoms with Crippen LogP contribution < -0.4 is 5.32 Å². The quantitative estimate of drug-likeness (QED) is 0.565. The summed E-state index contributed by atoms with van der Waals surface area (Å²) in [7, 11) is 0. The Morgan fingerprint density at radius 2 is 2.00 bits per heavy atom. The number of nitrogens with zero attached hydrogens (tertiary/aromatic N) is 2. The minimum atomic E-state index is -0.224. The summed E-state index contributed by atoms with van der Waals surface area (Å²) >= 11 is 0. The number of aryl methyl sites for hydroxylation is 2. The van der Waals surface area contributed by atoms with Crippen LogP contribution in [0.4, 0.5) is 5.69 Å². The van der Waals surface area contributed by atoms with Crippen LogP contribution in [0.3, 0.4) is 0 Å². The third-order valence-electron chi connectivity index (χ3n) is 4.10. The molecule has 0 unspecified atom stereocenters. The van der Waals surface area contributed by atoms with Gasteiger partial charge in [-0.25, -0.2) is 0 Å². The van der Waals surface area contributed by atoms with E-state index >= 15 is 0 Å². The number of hydrogen-bond acceptors (Lipinski definition) is 6. The van der Waals surface area contributed by atoms with Crippen molar-refractivity contribution in [3.63, 3.8) is 0 Å². The van der Waals surface area contributed by atoms with Crippen LogP contribution in [0.5, 0.6) is 0 Å². The first-order chi connectivity index (χ1) is 13.1. The number of amides is 1. The number of carbonyl (C=O) groups excluding carboxylic acids is 1. The topological polar surface area (TPSA) is 94.3 Å². The lowest BCUT2D eigenvalue weighted by atomic mass is 10.1. The Morgan fingerprint density at radius 1 is 1.15 bits per heavy atom. The van der Waals surface area contributed by atoms with Crippen molar-refractivity contribution in [3.05, 3.63) is 77.3 Å². The van der Waals surface area contributed by atoms with E-state index < -0.39 is 0 Å². The van der Waals surface area contributed by atoms with Gasteiger partial charge in [0.2, 0.25) is 11.7 Å². The number of nitrogens with one attached hydrogen (secondary N) is 1. The molecule has 0 saturated carbocycles. The molecular formula is C20H17N3O4. The van der Waals surface area contributed by atoms with E-state index in [0.29, 0.717) is 46.7 Å². The zero-order valence-electron chi connectivity index (χ0n) is 14.9. The Balaban J connectivity index is 1.55. The summed E-state index contributed by atoms with van der Waals surface area (Å²) in [6, 6.07) is 12.7. The standard InChI is InChI=1S/C20H17N3O4/c1-12-10-15(13(2)26-12)20(24)21-16-7-4-3-6-14(16)11-18-22-19(23-27-18)17-8-5-9-25-17/h3-10H,11H2,1-2H3,(H,21,24). The van der Waals surface area contributed by atoms with Crippen LogP contribution in [-0.4, -0.2) is 16.0 Å². The van der Waals surface area contributed by atoms with Crippen molar-refractivity contribution < 1.29 is 18.2 Å². The minimum Gasteiger partial charge on any atom is -0.466 e. The van der Waals surface area contributed by atoms with Crippen LogP contribution in [0, 0.1) is 13.8 Å². The first kappa shape index (κ1) is 16.8. The molecule has 3 aromatic heterocycles. The van der Waals surface area contributed by atoms with Crippen LogP contribution in [0.15, 0.2) is 62.1 Å². The molecule has 1 aromatic carbocycles. The van der Waals surface area contributed by atoms with Crippen LogP contribution >= 0.6 is 0 Å². The molecule has 0 spiro atoms. The molecule has 27 heavy (non-hydrogen) atoms. The first-order valence-electron chi connectivity index (χ1n) is 8.43. The van der Waals surface area contributed by atoms with Crippen molar-refractivity contribution in [1.29, 1.82) is 0 Å². The average molecular weight is 363 g/mol. The molecule has 0 saturated heterocycles. The van der Waals surface area contributed by atoms with Gasteiger partial charge in [-0.1, -0.05) is 23.4 Å². The largest absolute Gasteiger partial charge is 0.466 e. The van der Waals surface area contributed by atoms with Crippen molar-refractivity contribution in [2.75, 3.05) is 5.32 Å². The van der Waals surface area contributed by atoms with Gasteiger partial charge in [0, 0.05) is 5.69 Å². The normalized spacial score (nSPS) is 10.9. The molecule has 1 N–H and O–H groups in total. The second kappa shape index (κ2) is 6.95. The molecule has 1 amide bonds. The summed E-state index contributed by atoms with van der Waals surface area (Å²) in [6.07, 6.45) is 1.93. The Bertz CT molecular complexity index is 1080.